The van der Waals surface area contributed by atoms with Crippen molar-refractivity contribution in [3.8, 4) is 10.6 Å². The van der Waals surface area contributed by atoms with Gasteiger partial charge in [-0.2, -0.15) is 0 Å². The maximum Gasteiger partial charge on any atom is 0.417 e. The number of halogens is 4. The Morgan fingerprint density at radius 2 is 1.91 bits per heavy atom. The van der Waals surface area contributed by atoms with Crippen molar-refractivity contribution in [2.75, 3.05) is 17.5 Å². The summed E-state index contributed by atoms with van der Waals surface area (Å²) >= 11 is 23.6. The van der Waals surface area contributed by atoms with Crippen molar-refractivity contribution in [3.05, 3.63) is 30.3 Å². The van der Waals surface area contributed by atoms with Crippen molar-refractivity contribution in [1.29, 1.82) is 0 Å². The molecule has 22 heavy (non-hydrogen) atoms. The van der Waals surface area contributed by atoms with Gasteiger partial charge in [-0.15, -0.1) is 21.8 Å². The van der Waals surface area contributed by atoms with Gasteiger partial charge in [0.1, 0.15) is 17.6 Å². The minimum atomic E-state index is -1.69. The molecule has 5 nitrogen and oxygen atoms in total. The lowest BCUT2D eigenvalue weighted by Gasteiger charge is -2.17. The molecule has 2 rings (SSSR count). The number of nitrogens with zero attached hydrogens (tertiary/aromatic N) is 3. The lowest BCUT2D eigenvalue weighted by Crippen LogP contribution is -2.32. The van der Waals surface area contributed by atoms with Crippen LogP contribution < -0.4 is 4.90 Å². The summed E-state index contributed by atoms with van der Waals surface area (Å²) in [7, 11) is 0. The van der Waals surface area contributed by atoms with Crippen molar-refractivity contribution < 1.29 is 9.53 Å². The first-order valence-corrected chi connectivity index (χ1v) is 8.35. The Labute approximate surface area is 150 Å². The van der Waals surface area contributed by atoms with E-state index in [1.807, 2.05) is 30.3 Å². The second-order valence-electron chi connectivity index (χ2n) is 3.97. The van der Waals surface area contributed by atoms with Crippen LogP contribution in [0, 0.1) is 0 Å². The van der Waals surface area contributed by atoms with E-state index in [1.165, 1.54) is 11.3 Å². The van der Waals surface area contributed by atoms with Crippen molar-refractivity contribution in [3.63, 3.8) is 0 Å². The van der Waals surface area contributed by atoms with Gasteiger partial charge in [-0.3, -0.25) is 0 Å². The van der Waals surface area contributed by atoms with E-state index in [-0.39, 0.29) is 6.00 Å². The molecule has 0 spiro atoms. The van der Waals surface area contributed by atoms with Gasteiger partial charge in [0.25, 0.3) is 0 Å². The molecular formula is C12H9Cl4N3O2S. The van der Waals surface area contributed by atoms with Gasteiger partial charge in [-0.05, 0) is 0 Å². The summed E-state index contributed by atoms with van der Waals surface area (Å²) in [5.41, 5.74) is 0.885. The molecule has 0 radical (unpaired) electrons. The Morgan fingerprint density at radius 1 is 1.23 bits per heavy atom. The van der Waals surface area contributed by atoms with Gasteiger partial charge in [0.05, 0.1) is 0 Å². The number of carbonyl (C=O) groups excluding carboxylic acids is 1. The first-order chi connectivity index (χ1) is 10.4. The number of aromatic nitrogens is 2. The number of rotatable bonds is 4. The van der Waals surface area contributed by atoms with Gasteiger partial charge < -0.3 is 4.74 Å². The highest BCUT2D eigenvalue weighted by molar-refractivity contribution is 7.18. The topological polar surface area (TPSA) is 55.3 Å². The standard InChI is InChI=1S/C12H9Cl4N3O2S/c13-7-19(11(20)21-6-12(14,15)16)10-18-17-9(22-10)8-4-2-1-3-5-8/h1-5H,6-7H2. The third-order valence-electron chi connectivity index (χ3n) is 2.37. The van der Waals surface area contributed by atoms with Gasteiger partial charge >= 0.3 is 6.09 Å². The molecule has 1 aromatic carbocycles. The number of benzene rings is 1. The molecule has 0 aliphatic heterocycles. The summed E-state index contributed by atoms with van der Waals surface area (Å²) in [4.78, 5) is 13.0. The number of anilines is 1. The number of ether oxygens (including phenoxy) is 1. The van der Waals surface area contributed by atoms with E-state index in [9.17, 15) is 4.79 Å². The summed E-state index contributed by atoms with van der Waals surface area (Å²) in [6.45, 7) is -0.395. The fourth-order valence-corrected chi connectivity index (χ4v) is 2.71. The predicted octanol–water partition coefficient (Wildman–Crippen LogP) is 4.71. The minimum Gasteiger partial charge on any atom is -0.445 e. The van der Waals surface area contributed by atoms with E-state index < -0.39 is 16.5 Å². The summed E-state index contributed by atoms with van der Waals surface area (Å²) in [6.07, 6.45) is -0.767. The monoisotopic (exact) mass is 399 g/mol. The molecule has 1 aromatic heterocycles. The molecular weight excluding hydrogens is 392 g/mol. The molecule has 1 heterocycles. The Bertz CT molecular complexity index is 633. The third-order valence-corrected chi connectivity index (χ3v) is 3.93. The molecule has 0 aliphatic rings. The number of amides is 1. The van der Waals surface area contributed by atoms with Crippen molar-refractivity contribution in [2.45, 2.75) is 3.79 Å². The molecule has 0 unspecified atom stereocenters. The first kappa shape index (κ1) is 17.6. The predicted molar refractivity (Wildman–Crippen MR) is 90.2 cm³/mol. The van der Waals surface area contributed by atoms with Crippen LogP contribution in [-0.4, -0.2) is 32.7 Å². The van der Waals surface area contributed by atoms with Crippen LogP contribution in [0.3, 0.4) is 0 Å². The van der Waals surface area contributed by atoms with E-state index in [1.54, 1.807) is 0 Å². The highest BCUT2D eigenvalue weighted by atomic mass is 35.6. The lowest BCUT2D eigenvalue weighted by molar-refractivity contribution is 0.157. The molecule has 0 N–H and O–H groups in total. The second kappa shape index (κ2) is 7.66. The van der Waals surface area contributed by atoms with E-state index in [2.05, 4.69) is 10.2 Å². The molecule has 0 saturated heterocycles. The quantitative estimate of drug-likeness (QED) is 0.550. The Morgan fingerprint density at radius 3 is 2.50 bits per heavy atom. The minimum absolute atomic E-state index is 0.165. The second-order valence-corrected chi connectivity index (χ2v) is 7.68. The molecule has 0 aliphatic carbocycles. The first-order valence-electron chi connectivity index (χ1n) is 5.86. The Hall–Kier alpha value is -0.790. The third kappa shape index (κ3) is 4.86. The normalized spacial score (nSPS) is 11.3. The summed E-state index contributed by atoms with van der Waals surface area (Å²) in [5, 5.41) is 8.92. The van der Waals surface area contributed by atoms with Crippen LogP contribution in [0.2, 0.25) is 0 Å². The van der Waals surface area contributed by atoms with Gasteiger partial charge in [0.2, 0.25) is 8.92 Å². The average molecular weight is 401 g/mol. The fourth-order valence-electron chi connectivity index (χ4n) is 1.42. The molecule has 0 atom stereocenters. The van der Waals surface area contributed by atoms with E-state index >= 15 is 0 Å². The summed E-state index contributed by atoms with van der Waals surface area (Å²) in [6, 6.07) is 9.26. The summed E-state index contributed by atoms with van der Waals surface area (Å²) < 4.78 is 3.18. The molecule has 10 heteroatoms. The highest BCUT2D eigenvalue weighted by Gasteiger charge is 2.26. The Balaban J connectivity index is 2.12. The SMILES string of the molecule is O=C(OCC(Cl)(Cl)Cl)N(CCl)c1nnc(-c2ccccc2)s1. The summed E-state index contributed by atoms with van der Waals surface area (Å²) in [5.74, 6) is 0. The molecule has 2 aromatic rings. The van der Waals surface area contributed by atoms with Gasteiger partial charge in [0.15, 0.2) is 0 Å². The number of alkyl halides is 4. The Kier molecular flexibility index (Phi) is 6.11. The van der Waals surface area contributed by atoms with E-state index in [4.69, 9.17) is 51.1 Å². The van der Waals surface area contributed by atoms with Gasteiger partial charge in [0, 0.05) is 5.56 Å². The lowest BCUT2D eigenvalue weighted by atomic mass is 10.2. The van der Waals surface area contributed by atoms with Crippen LogP contribution in [0.1, 0.15) is 0 Å². The fraction of sp³-hybridized carbons (Fsp3) is 0.250. The number of hydrogen-bond acceptors (Lipinski definition) is 5. The van der Waals surface area contributed by atoms with Crippen molar-refractivity contribution >= 4 is 69.0 Å². The zero-order valence-electron chi connectivity index (χ0n) is 10.9. The number of hydrogen-bond donors (Lipinski definition) is 0. The maximum atomic E-state index is 11.9. The molecule has 118 valence electrons. The average Bonchev–Trinajstić information content (AvgIpc) is 2.96. The van der Waals surface area contributed by atoms with Crippen molar-refractivity contribution in [2.24, 2.45) is 0 Å². The van der Waals surface area contributed by atoms with E-state index in [0.29, 0.717) is 10.1 Å². The highest BCUT2D eigenvalue weighted by Crippen LogP contribution is 2.30. The smallest absolute Gasteiger partial charge is 0.417 e. The zero-order chi connectivity index (χ0) is 16.2. The molecule has 1 amide bonds. The van der Waals surface area contributed by atoms with Crippen molar-refractivity contribution in [1.82, 2.24) is 10.2 Å². The van der Waals surface area contributed by atoms with Gasteiger partial charge in [-0.25, -0.2) is 9.69 Å². The van der Waals surface area contributed by atoms with Crippen LogP contribution in [0.15, 0.2) is 30.3 Å². The van der Waals surface area contributed by atoms with Crippen LogP contribution in [0.25, 0.3) is 10.6 Å². The number of carbonyl (C=O) groups is 1. The molecule has 0 fully saturated rings. The molecule has 0 bridgehead atoms. The van der Waals surface area contributed by atoms with E-state index in [0.717, 1.165) is 10.5 Å². The van der Waals surface area contributed by atoms with Crippen LogP contribution in [0.5, 0.6) is 0 Å². The molecule has 0 saturated carbocycles. The van der Waals surface area contributed by atoms with Crippen LogP contribution in [-0.2, 0) is 4.74 Å². The van der Waals surface area contributed by atoms with Gasteiger partial charge in [-0.1, -0.05) is 76.5 Å². The zero-order valence-corrected chi connectivity index (χ0v) is 14.7. The largest absolute Gasteiger partial charge is 0.445 e. The maximum absolute atomic E-state index is 11.9. The van der Waals surface area contributed by atoms with Crippen LogP contribution in [0.4, 0.5) is 9.93 Å². The van der Waals surface area contributed by atoms with Crippen LogP contribution >= 0.6 is 57.7 Å².